The van der Waals surface area contributed by atoms with Gasteiger partial charge in [-0.05, 0) is 131 Å². The normalized spacial score (nSPS) is 12.1. The number of benzene rings is 11. The Morgan fingerprint density at radius 2 is 0.667 bits per heavy atom. The first-order valence-corrected chi connectivity index (χ1v) is 21.3. The summed E-state index contributed by atoms with van der Waals surface area (Å²) >= 11 is 0. The first-order valence-electron chi connectivity index (χ1n) is 23.3. The number of hydrogen-bond acceptors (Lipinski definition) is 1. The molecule has 0 fully saturated rings. The topological polar surface area (TPSA) is 3.24 Å². The predicted octanol–water partition coefficient (Wildman–Crippen LogP) is 17.5. The summed E-state index contributed by atoms with van der Waals surface area (Å²) in [6.45, 7) is 0. The molecular formula is C62H43N. The first kappa shape index (κ1) is 33.5. The molecule has 0 bridgehead atoms. The van der Waals surface area contributed by atoms with Crippen LogP contribution in [0.1, 0.15) is 5.48 Å². The zero-order valence-electron chi connectivity index (χ0n) is 38.5. The average Bonchev–Trinajstić information content (AvgIpc) is 3.40. The Labute approximate surface area is 375 Å². The highest BCUT2D eigenvalue weighted by Gasteiger charge is 2.17. The summed E-state index contributed by atoms with van der Waals surface area (Å²) in [7, 11) is 0. The fourth-order valence-electron chi connectivity index (χ4n) is 8.67. The van der Waals surface area contributed by atoms with E-state index in [1.165, 1.54) is 5.39 Å². The Morgan fingerprint density at radius 1 is 0.254 bits per heavy atom. The number of rotatable bonds is 9. The summed E-state index contributed by atoms with van der Waals surface area (Å²) in [5, 5.41) is 4.60. The van der Waals surface area contributed by atoms with Crippen LogP contribution in [0.15, 0.2) is 261 Å². The van der Waals surface area contributed by atoms with Crippen molar-refractivity contribution in [2.75, 3.05) is 4.90 Å². The van der Waals surface area contributed by atoms with Crippen molar-refractivity contribution in [3.05, 3.63) is 261 Å². The van der Waals surface area contributed by atoms with Crippen LogP contribution in [0.4, 0.5) is 17.1 Å². The minimum atomic E-state index is -0.125. The molecule has 11 aromatic carbocycles. The lowest BCUT2D eigenvalue weighted by molar-refractivity contribution is 1.28. The van der Waals surface area contributed by atoms with Gasteiger partial charge in [0, 0.05) is 17.1 Å². The van der Waals surface area contributed by atoms with Gasteiger partial charge >= 0.3 is 0 Å². The summed E-state index contributed by atoms with van der Waals surface area (Å²) in [4.78, 5) is 1.86. The maximum absolute atomic E-state index is 9.63. The van der Waals surface area contributed by atoms with Crippen LogP contribution in [0.3, 0.4) is 0 Å². The molecule has 0 heterocycles. The van der Waals surface area contributed by atoms with Gasteiger partial charge in [0.05, 0.1) is 5.48 Å². The lowest BCUT2D eigenvalue weighted by atomic mass is 9.89. The molecule has 0 saturated carbocycles. The number of hydrogen-bond donors (Lipinski definition) is 0. The van der Waals surface area contributed by atoms with Gasteiger partial charge < -0.3 is 4.90 Å². The van der Waals surface area contributed by atoms with E-state index in [4.69, 9.17) is 0 Å². The summed E-state index contributed by atoms with van der Waals surface area (Å²) < 4.78 is 38.2. The van der Waals surface area contributed by atoms with Gasteiger partial charge in [-0.15, -0.1) is 0 Å². The van der Waals surface area contributed by atoms with Gasteiger partial charge in [-0.25, -0.2) is 0 Å². The third-order valence-corrected chi connectivity index (χ3v) is 12.0. The Bertz CT molecular complexity index is 3540. The zero-order valence-corrected chi connectivity index (χ0v) is 34.5. The van der Waals surface area contributed by atoms with Crippen LogP contribution in [0, 0.1) is 0 Å². The second-order valence-electron chi connectivity index (χ2n) is 15.8. The Kier molecular flexibility index (Phi) is 8.84. The van der Waals surface area contributed by atoms with E-state index in [-0.39, 0.29) is 35.4 Å². The van der Waals surface area contributed by atoms with Crippen LogP contribution < -0.4 is 4.90 Å². The molecule has 1 nitrogen and oxygen atoms in total. The molecule has 0 unspecified atom stereocenters. The zero-order chi connectivity index (χ0) is 45.4. The van der Waals surface area contributed by atoms with E-state index in [0.717, 1.165) is 71.8 Å². The molecule has 11 rings (SSSR count). The molecule has 0 saturated heterocycles. The van der Waals surface area contributed by atoms with Gasteiger partial charge in [0.2, 0.25) is 0 Å². The van der Waals surface area contributed by atoms with Crippen molar-refractivity contribution >= 4 is 38.6 Å². The molecule has 0 aliphatic carbocycles. The molecule has 11 aromatic rings. The summed E-state index contributed by atoms with van der Waals surface area (Å²) in [5.74, 6) is 0. The van der Waals surface area contributed by atoms with Gasteiger partial charge in [-0.1, -0.05) is 218 Å². The SMILES string of the molecule is [2H]c1c([2H])c(N(c2ccc(-c3ccc(-c4ccccc4)cc3)cc2)c2ccc(-c3c(-c4ccccc4)ccc4ccccc34)cc2)c([2H])c([2H])c1-c1ccc(-c2ccc3ccccc3c2)cc1. The summed E-state index contributed by atoms with van der Waals surface area (Å²) in [5.41, 5.74) is 13.3. The van der Waals surface area contributed by atoms with Crippen LogP contribution in [-0.2, 0) is 0 Å². The standard InChI is InChI=1S/C62H43N/c1-3-11-44(12-4-1)46-19-21-47(22-20-46)49-29-36-57(37-30-49)63(58-38-31-50(32-39-58)48-23-25-51(26-24-48)56-28-27-45-13-7-8-17-55(45)43-56)59-40-33-54(34-41-59)62-60-18-10-9-16-53(60)35-42-61(62)52-14-5-2-6-15-52/h1-43H/i31D,32D,38D,39D. The quantitative estimate of drug-likeness (QED) is 0.140. The van der Waals surface area contributed by atoms with Gasteiger partial charge in [-0.2, -0.15) is 0 Å². The van der Waals surface area contributed by atoms with Crippen molar-refractivity contribution in [3.8, 4) is 66.8 Å². The van der Waals surface area contributed by atoms with E-state index in [1.54, 1.807) is 0 Å². The van der Waals surface area contributed by atoms with E-state index in [0.29, 0.717) is 16.9 Å². The highest BCUT2D eigenvalue weighted by Crippen LogP contribution is 2.42. The van der Waals surface area contributed by atoms with Gasteiger partial charge in [0.15, 0.2) is 0 Å². The van der Waals surface area contributed by atoms with E-state index in [9.17, 15) is 5.48 Å². The summed E-state index contributed by atoms with van der Waals surface area (Å²) in [6.07, 6.45) is 0. The van der Waals surface area contributed by atoms with E-state index >= 15 is 0 Å². The van der Waals surface area contributed by atoms with Crippen LogP contribution in [0.25, 0.3) is 88.3 Å². The highest BCUT2D eigenvalue weighted by atomic mass is 15.1. The fourth-order valence-corrected chi connectivity index (χ4v) is 8.67. The third kappa shape index (κ3) is 7.58. The van der Waals surface area contributed by atoms with Crippen molar-refractivity contribution in [2.45, 2.75) is 0 Å². The average molecular weight is 806 g/mol. The van der Waals surface area contributed by atoms with Gasteiger partial charge in [0.1, 0.15) is 0 Å². The Hall–Kier alpha value is -8.26. The number of nitrogens with zero attached hydrogens (tertiary/aromatic N) is 1. The lowest BCUT2D eigenvalue weighted by Gasteiger charge is -2.26. The molecular weight excluding hydrogens is 759 g/mol. The van der Waals surface area contributed by atoms with Crippen molar-refractivity contribution in [2.24, 2.45) is 0 Å². The van der Waals surface area contributed by atoms with Crippen molar-refractivity contribution < 1.29 is 5.48 Å². The number of anilines is 3. The lowest BCUT2D eigenvalue weighted by Crippen LogP contribution is -2.09. The smallest absolute Gasteiger partial charge is 0.0645 e. The molecule has 0 spiro atoms. The maximum atomic E-state index is 9.63. The van der Waals surface area contributed by atoms with E-state index in [2.05, 4.69) is 152 Å². The van der Waals surface area contributed by atoms with E-state index < -0.39 is 0 Å². The minimum absolute atomic E-state index is 0.102. The maximum Gasteiger partial charge on any atom is 0.0645 e. The third-order valence-electron chi connectivity index (χ3n) is 12.0. The van der Waals surface area contributed by atoms with Crippen LogP contribution in [0.2, 0.25) is 0 Å². The van der Waals surface area contributed by atoms with Crippen molar-refractivity contribution in [1.82, 2.24) is 0 Å². The molecule has 0 aliphatic heterocycles. The second kappa shape index (κ2) is 16.7. The summed E-state index contributed by atoms with van der Waals surface area (Å²) in [6, 6.07) is 80.4. The molecule has 0 N–H and O–H groups in total. The van der Waals surface area contributed by atoms with Crippen LogP contribution in [0.5, 0.6) is 0 Å². The monoisotopic (exact) mass is 805 g/mol. The molecule has 0 aromatic heterocycles. The second-order valence-corrected chi connectivity index (χ2v) is 15.8. The Morgan fingerprint density at radius 3 is 1.27 bits per heavy atom. The molecule has 296 valence electrons. The molecule has 0 radical (unpaired) electrons. The molecule has 0 atom stereocenters. The van der Waals surface area contributed by atoms with Crippen molar-refractivity contribution in [3.63, 3.8) is 0 Å². The molecule has 63 heavy (non-hydrogen) atoms. The predicted molar refractivity (Wildman–Crippen MR) is 269 cm³/mol. The molecule has 0 amide bonds. The van der Waals surface area contributed by atoms with Crippen molar-refractivity contribution in [1.29, 1.82) is 0 Å². The van der Waals surface area contributed by atoms with E-state index in [1.807, 2.05) is 89.8 Å². The van der Waals surface area contributed by atoms with Crippen LogP contribution >= 0.6 is 0 Å². The van der Waals surface area contributed by atoms with Crippen LogP contribution in [-0.4, -0.2) is 0 Å². The fraction of sp³-hybridized carbons (Fsp3) is 0. The largest absolute Gasteiger partial charge is 0.311 e. The van der Waals surface area contributed by atoms with Gasteiger partial charge in [0.25, 0.3) is 0 Å². The highest BCUT2D eigenvalue weighted by molar-refractivity contribution is 6.04. The van der Waals surface area contributed by atoms with Gasteiger partial charge in [-0.3, -0.25) is 0 Å². The molecule has 0 aliphatic rings. The minimum Gasteiger partial charge on any atom is -0.311 e. The number of fused-ring (bicyclic) bond motifs is 2. The Balaban J connectivity index is 1.01. The first-order chi connectivity index (χ1) is 32.9. The molecule has 1 heteroatoms.